The lowest BCUT2D eigenvalue weighted by atomic mass is 9.73. The first-order valence-corrected chi connectivity index (χ1v) is 11.1. The van der Waals surface area contributed by atoms with Crippen LogP contribution in [0.5, 0.6) is 0 Å². The summed E-state index contributed by atoms with van der Waals surface area (Å²) in [5, 5.41) is 7.10. The third-order valence-corrected chi connectivity index (χ3v) is 7.45. The fraction of sp³-hybridized carbons (Fsp3) is 0.696. The van der Waals surface area contributed by atoms with Crippen molar-refractivity contribution in [3.8, 4) is 0 Å². The second-order valence-corrected chi connectivity index (χ2v) is 9.56. The number of alkyl halides is 3. The number of benzene rings is 1. The highest BCUT2D eigenvalue weighted by molar-refractivity contribution is 5.84. The highest BCUT2D eigenvalue weighted by Crippen LogP contribution is 2.46. The minimum absolute atomic E-state index is 0.120. The highest BCUT2D eigenvalue weighted by atomic mass is 19.4. The highest BCUT2D eigenvalue weighted by Gasteiger charge is 2.49. The van der Waals surface area contributed by atoms with E-state index in [2.05, 4.69) is 24.5 Å². The first-order valence-electron chi connectivity index (χ1n) is 11.1. The lowest BCUT2D eigenvalue weighted by Gasteiger charge is -2.40. The average Bonchev–Trinajstić information content (AvgIpc) is 3.37. The van der Waals surface area contributed by atoms with Gasteiger partial charge in [0.1, 0.15) is 0 Å². The fourth-order valence-electron chi connectivity index (χ4n) is 5.54. The summed E-state index contributed by atoms with van der Waals surface area (Å²) in [6, 6.07) is 4.74. The lowest BCUT2D eigenvalue weighted by Crippen LogP contribution is -2.48. The minimum Gasteiger partial charge on any atom is -0.338 e. The molecule has 2 fully saturated rings. The Morgan fingerprint density at radius 1 is 1.23 bits per heavy atom. The molecule has 1 aromatic carbocycles. The number of carbonyl (C=O) groups is 1. The summed E-state index contributed by atoms with van der Waals surface area (Å²) in [7, 11) is 0. The summed E-state index contributed by atoms with van der Waals surface area (Å²) < 4.78 is 39.4. The number of hydrogen-bond donors (Lipinski definition) is 2. The molecule has 30 heavy (non-hydrogen) atoms. The molecule has 0 spiro atoms. The number of fused-ring (bicyclic) bond motifs is 1. The maximum absolute atomic E-state index is 13.7. The number of rotatable bonds is 4. The minimum atomic E-state index is -4.36. The predicted octanol–water partition coefficient (Wildman–Crippen LogP) is 3.74. The predicted molar refractivity (Wildman–Crippen MR) is 110 cm³/mol. The first kappa shape index (κ1) is 21.6. The molecule has 1 amide bonds. The third-order valence-electron chi connectivity index (χ3n) is 7.45. The van der Waals surface area contributed by atoms with Crippen molar-refractivity contribution in [2.75, 3.05) is 19.6 Å². The van der Waals surface area contributed by atoms with E-state index in [9.17, 15) is 18.0 Å². The van der Waals surface area contributed by atoms with Crippen molar-refractivity contribution in [3.63, 3.8) is 0 Å². The first-order chi connectivity index (χ1) is 14.2. The number of nitrogens with zero attached hydrogens (tertiary/aromatic N) is 1. The number of hydrogen-bond acceptors (Lipinski definition) is 3. The normalized spacial score (nSPS) is 29.5. The smallest absolute Gasteiger partial charge is 0.338 e. The van der Waals surface area contributed by atoms with Crippen LogP contribution in [0.15, 0.2) is 18.2 Å². The molecule has 7 heteroatoms. The SMILES string of the molecule is CC(C)[C@]1(C(=O)N2CCc3ccc(C(F)(F)F)cc3C2)CC[C@@H](NC2CCNC2)C1. The van der Waals surface area contributed by atoms with Gasteiger partial charge in [-0.1, -0.05) is 19.9 Å². The maximum Gasteiger partial charge on any atom is 0.416 e. The van der Waals surface area contributed by atoms with Gasteiger partial charge in [-0.25, -0.2) is 0 Å². The van der Waals surface area contributed by atoms with Crippen LogP contribution >= 0.6 is 0 Å². The Morgan fingerprint density at radius 2 is 2.03 bits per heavy atom. The topological polar surface area (TPSA) is 44.4 Å². The van der Waals surface area contributed by atoms with Crippen LogP contribution in [0.1, 0.15) is 56.2 Å². The lowest BCUT2D eigenvalue weighted by molar-refractivity contribution is -0.145. The van der Waals surface area contributed by atoms with Gasteiger partial charge < -0.3 is 15.5 Å². The molecule has 1 saturated carbocycles. The zero-order valence-electron chi connectivity index (χ0n) is 17.8. The van der Waals surface area contributed by atoms with Gasteiger partial charge in [0, 0.05) is 31.7 Å². The fourth-order valence-corrected chi connectivity index (χ4v) is 5.54. The van der Waals surface area contributed by atoms with Crippen molar-refractivity contribution in [2.24, 2.45) is 11.3 Å². The second-order valence-electron chi connectivity index (χ2n) is 9.56. The Labute approximate surface area is 176 Å². The van der Waals surface area contributed by atoms with E-state index in [4.69, 9.17) is 0 Å². The zero-order chi connectivity index (χ0) is 21.5. The van der Waals surface area contributed by atoms with Crippen LogP contribution < -0.4 is 10.6 Å². The van der Waals surface area contributed by atoms with Gasteiger partial charge in [-0.2, -0.15) is 13.2 Å². The molecular weight excluding hydrogens is 391 g/mol. The van der Waals surface area contributed by atoms with E-state index in [0.29, 0.717) is 30.6 Å². The van der Waals surface area contributed by atoms with Crippen LogP contribution in [0.4, 0.5) is 13.2 Å². The monoisotopic (exact) mass is 423 g/mol. The van der Waals surface area contributed by atoms with E-state index in [1.54, 1.807) is 6.07 Å². The molecule has 0 aromatic heterocycles. The Morgan fingerprint density at radius 3 is 2.70 bits per heavy atom. The van der Waals surface area contributed by atoms with Gasteiger partial charge in [-0.3, -0.25) is 4.79 Å². The van der Waals surface area contributed by atoms with E-state index in [-0.39, 0.29) is 18.4 Å². The van der Waals surface area contributed by atoms with Crippen LogP contribution in [-0.4, -0.2) is 42.5 Å². The standard InChI is InChI=1S/C23H32F3N3O/c1-15(2)22(8-5-19(12-22)28-20-6-9-27-13-20)21(30)29-10-7-16-3-4-18(23(24,25)26)11-17(16)14-29/h3-4,11,15,19-20,27-28H,5-10,12-14H2,1-2H3/t19-,20?,22+/m1/s1. The third kappa shape index (κ3) is 4.11. The Kier molecular flexibility index (Phi) is 5.88. The summed E-state index contributed by atoms with van der Waals surface area (Å²) >= 11 is 0. The molecule has 166 valence electrons. The molecule has 4 rings (SSSR count). The van der Waals surface area contributed by atoms with Gasteiger partial charge in [0.15, 0.2) is 0 Å². The zero-order valence-corrected chi connectivity index (χ0v) is 17.8. The Hall–Kier alpha value is -1.60. The van der Waals surface area contributed by atoms with E-state index in [1.807, 2.05) is 4.90 Å². The van der Waals surface area contributed by atoms with Gasteiger partial charge in [0.05, 0.1) is 11.0 Å². The van der Waals surface area contributed by atoms with Crippen LogP contribution in [0.2, 0.25) is 0 Å². The molecule has 1 aromatic rings. The molecule has 0 bridgehead atoms. The van der Waals surface area contributed by atoms with Gasteiger partial charge in [0.25, 0.3) is 0 Å². The van der Waals surface area contributed by atoms with Crippen LogP contribution in [-0.2, 0) is 23.9 Å². The van der Waals surface area contributed by atoms with Crippen molar-refractivity contribution < 1.29 is 18.0 Å². The second kappa shape index (κ2) is 8.15. The molecule has 2 aliphatic heterocycles. The van der Waals surface area contributed by atoms with Gasteiger partial charge in [-0.15, -0.1) is 0 Å². The van der Waals surface area contributed by atoms with Crippen LogP contribution in [0, 0.1) is 11.3 Å². The van der Waals surface area contributed by atoms with Gasteiger partial charge >= 0.3 is 6.18 Å². The summed E-state index contributed by atoms with van der Waals surface area (Å²) in [5.41, 5.74) is 0.492. The van der Waals surface area contributed by atoms with Gasteiger partial charge in [-0.05, 0) is 67.8 Å². The number of carbonyl (C=O) groups excluding carboxylic acids is 1. The van der Waals surface area contributed by atoms with E-state index >= 15 is 0 Å². The number of halogens is 3. The van der Waals surface area contributed by atoms with Crippen LogP contribution in [0.3, 0.4) is 0 Å². The Bertz CT molecular complexity index is 788. The molecule has 1 aliphatic carbocycles. The molecule has 1 saturated heterocycles. The molecule has 1 unspecified atom stereocenters. The van der Waals surface area contributed by atoms with E-state index in [0.717, 1.165) is 50.4 Å². The summed E-state index contributed by atoms with van der Waals surface area (Å²) in [4.78, 5) is 15.5. The maximum atomic E-state index is 13.7. The summed E-state index contributed by atoms with van der Waals surface area (Å²) in [6.07, 6.45) is -0.00539. The summed E-state index contributed by atoms with van der Waals surface area (Å²) in [5.74, 6) is 0.316. The van der Waals surface area contributed by atoms with Crippen molar-refractivity contribution in [3.05, 3.63) is 34.9 Å². The molecule has 3 atom stereocenters. The molecular formula is C23H32F3N3O. The molecule has 2 N–H and O–H groups in total. The number of amides is 1. The van der Waals surface area contributed by atoms with Crippen molar-refractivity contribution in [2.45, 2.75) is 70.8 Å². The van der Waals surface area contributed by atoms with Crippen molar-refractivity contribution >= 4 is 5.91 Å². The van der Waals surface area contributed by atoms with Crippen molar-refractivity contribution in [1.29, 1.82) is 0 Å². The number of nitrogens with one attached hydrogen (secondary N) is 2. The Balaban J connectivity index is 1.50. The molecule has 0 radical (unpaired) electrons. The van der Waals surface area contributed by atoms with E-state index in [1.165, 1.54) is 6.07 Å². The van der Waals surface area contributed by atoms with Crippen molar-refractivity contribution in [1.82, 2.24) is 15.5 Å². The largest absolute Gasteiger partial charge is 0.416 e. The molecule has 2 heterocycles. The van der Waals surface area contributed by atoms with Crippen LogP contribution in [0.25, 0.3) is 0 Å². The summed E-state index contributed by atoms with van der Waals surface area (Å²) in [6.45, 7) is 7.08. The van der Waals surface area contributed by atoms with Gasteiger partial charge in [0.2, 0.25) is 5.91 Å². The van der Waals surface area contributed by atoms with E-state index < -0.39 is 17.2 Å². The quantitative estimate of drug-likeness (QED) is 0.776. The molecule has 3 aliphatic rings. The molecule has 4 nitrogen and oxygen atoms in total. The average molecular weight is 424 g/mol.